The van der Waals surface area contributed by atoms with Crippen LogP contribution in [0.2, 0.25) is 5.02 Å². The lowest BCUT2D eigenvalue weighted by molar-refractivity contribution is 0.0904. The van der Waals surface area contributed by atoms with Gasteiger partial charge in [0.15, 0.2) is 0 Å². The fourth-order valence-electron chi connectivity index (χ4n) is 5.12. The van der Waals surface area contributed by atoms with Crippen LogP contribution in [0, 0.1) is 11.7 Å². The Kier molecular flexibility index (Phi) is 7.60. The number of nitrogens with one attached hydrogen (secondary N) is 1. The lowest BCUT2D eigenvalue weighted by atomic mass is 9.85. The number of methoxy groups -OCH3 is 1. The Balaban J connectivity index is 1.33. The summed E-state index contributed by atoms with van der Waals surface area (Å²) in [6.07, 6.45) is 3.88. The highest BCUT2D eigenvalue weighted by atomic mass is 35.5. The molecule has 5 rings (SSSR count). The molecule has 1 N–H and O–H groups in total. The van der Waals surface area contributed by atoms with Crippen LogP contribution < -0.4 is 15.7 Å². The molecule has 8 nitrogen and oxygen atoms in total. The number of hydrogen-bond acceptors (Lipinski definition) is 5. The van der Waals surface area contributed by atoms with E-state index >= 15 is 0 Å². The highest BCUT2D eigenvalue weighted by molar-refractivity contribution is 6.30. The van der Waals surface area contributed by atoms with Gasteiger partial charge in [-0.25, -0.2) is 18.0 Å². The first-order chi connectivity index (χ1) is 18.8. The van der Waals surface area contributed by atoms with Crippen molar-refractivity contribution in [2.45, 2.75) is 44.7 Å². The third kappa shape index (κ3) is 5.36. The fraction of sp³-hybridized carbons (Fsp3) is 0.333. The number of ether oxygens (including phenoxy) is 1. The summed E-state index contributed by atoms with van der Waals surface area (Å²) in [6, 6.07) is 6.90. The van der Waals surface area contributed by atoms with Gasteiger partial charge in [-0.3, -0.25) is 23.9 Å². The lowest BCUT2D eigenvalue weighted by Crippen LogP contribution is -2.39. The van der Waals surface area contributed by atoms with Gasteiger partial charge in [0.05, 0.1) is 40.6 Å². The van der Waals surface area contributed by atoms with E-state index in [0.29, 0.717) is 49.0 Å². The average Bonchev–Trinajstić information content (AvgIpc) is 3.20. The van der Waals surface area contributed by atoms with Gasteiger partial charge < -0.3 is 10.1 Å². The number of benzene rings is 1. The molecule has 204 valence electrons. The van der Waals surface area contributed by atoms with Gasteiger partial charge in [0.2, 0.25) is 0 Å². The van der Waals surface area contributed by atoms with Crippen LogP contribution in [-0.2, 0) is 6.54 Å². The summed E-state index contributed by atoms with van der Waals surface area (Å²) in [6.45, 7) is 0.395. The number of hydrogen-bond donors (Lipinski definition) is 1. The van der Waals surface area contributed by atoms with Crippen LogP contribution in [0.1, 0.15) is 48.2 Å². The van der Waals surface area contributed by atoms with E-state index in [9.17, 15) is 22.8 Å². The van der Waals surface area contributed by atoms with Gasteiger partial charge in [-0.1, -0.05) is 11.6 Å². The van der Waals surface area contributed by atoms with Gasteiger partial charge >= 0.3 is 5.69 Å². The van der Waals surface area contributed by atoms with Crippen molar-refractivity contribution >= 4 is 28.5 Å². The average molecular weight is 560 g/mol. The molecule has 3 aromatic heterocycles. The second-order valence-electron chi connectivity index (χ2n) is 9.49. The molecule has 39 heavy (non-hydrogen) atoms. The molecule has 1 aliphatic rings. The number of carbonyl (C=O) groups excluding carboxylic acids is 1. The van der Waals surface area contributed by atoms with Crippen molar-refractivity contribution in [2.24, 2.45) is 5.92 Å². The summed E-state index contributed by atoms with van der Waals surface area (Å²) in [5.41, 5.74) is -0.0726. The first kappa shape index (κ1) is 26.7. The first-order valence-electron chi connectivity index (χ1n) is 12.4. The molecule has 0 atom stereocenters. The van der Waals surface area contributed by atoms with E-state index in [1.54, 1.807) is 16.8 Å². The summed E-state index contributed by atoms with van der Waals surface area (Å²) in [7, 11) is 1.47. The van der Waals surface area contributed by atoms with Gasteiger partial charge in [-0.15, -0.1) is 0 Å². The highest BCUT2D eigenvalue weighted by Crippen LogP contribution is 2.29. The number of nitrogens with zero attached hydrogens (tertiary/aromatic N) is 4. The molecule has 0 radical (unpaired) electrons. The summed E-state index contributed by atoms with van der Waals surface area (Å²) < 4.78 is 49.6. The van der Waals surface area contributed by atoms with Crippen LogP contribution in [0.25, 0.3) is 16.7 Å². The molecule has 0 saturated heterocycles. The van der Waals surface area contributed by atoms with Gasteiger partial charge in [0.25, 0.3) is 12.3 Å². The van der Waals surface area contributed by atoms with Crippen LogP contribution in [0.3, 0.4) is 0 Å². The second-order valence-corrected chi connectivity index (χ2v) is 9.92. The highest BCUT2D eigenvalue weighted by Gasteiger charge is 2.27. The number of imidazole rings is 1. The van der Waals surface area contributed by atoms with Crippen LogP contribution in [0.15, 0.2) is 53.7 Å². The Labute approximate surface area is 226 Å². The SMILES string of the molecule is COc1ccc(F)c(-n2c(=O)n(C[C@H]3CC[C@H](NC(=O)c4cc(Cl)cnc4C(F)F)CC3)c3ccncc32)c1. The van der Waals surface area contributed by atoms with Crippen LogP contribution >= 0.6 is 11.6 Å². The third-order valence-electron chi connectivity index (χ3n) is 7.09. The Morgan fingerprint density at radius 3 is 2.64 bits per heavy atom. The number of aromatic nitrogens is 4. The number of rotatable bonds is 7. The zero-order chi connectivity index (χ0) is 27.7. The third-order valence-corrected chi connectivity index (χ3v) is 7.29. The zero-order valence-electron chi connectivity index (χ0n) is 20.9. The Morgan fingerprint density at radius 1 is 1.15 bits per heavy atom. The van der Waals surface area contributed by atoms with E-state index in [4.69, 9.17) is 16.3 Å². The van der Waals surface area contributed by atoms with E-state index in [1.807, 2.05) is 0 Å². The second kappa shape index (κ2) is 11.1. The molecule has 12 heteroatoms. The molecule has 1 aromatic carbocycles. The van der Waals surface area contributed by atoms with Gasteiger partial charge in [-0.05, 0) is 55.9 Å². The molecule has 0 bridgehead atoms. The standard InChI is InChI=1S/C27H25ClF3N5O3/c1-39-18-6-7-20(29)22(11-18)36-23-13-32-9-8-21(23)35(27(36)38)14-15-2-4-17(5-3-15)34-26(37)19-10-16(28)12-33-24(19)25(30)31/h6-13,15,17,25H,2-5,14H2,1H3,(H,34,37)/t15-,17-. The predicted molar refractivity (Wildman–Crippen MR) is 139 cm³/mol. The van der Waals surface area contributed by atoms with Gasteiger partial charge in [0, 0.05) is 31.0 Å². The van der Waals surface area contributed by atoms with Gasteiger partial charge in [0.1, 0.15) is 17.3 Å². The number of halogens is 4. The minimum absolute atomic E-state index is 0.0705. The molecule has 1 aliphatic carbocycles. The number of alkyl halides is 2. The van der Waals surface area contributed by atoms with Crippen molar-refractivity contribution in [1.82, 2.24) is 24.4 Å². The Morgan fingerprint density at radius 2 is 1.92 bits per heavy atom. The predicted octanol–water partition coefficient (Wildman–Crippen LogP) is 5.31. The minimum Gasteiger partial charge on any atom is -0.497 e. The molecule has 1 amide bonds. The monoisotopic (exact) mass is 559 g/mol. The molecular weight excluding hydrogens is 535 g/mol. The molecule has 1 saturated carbocycles. The number of carbonyl (C=O) groups is 1. The van der Waals surface area contributed by atoms with E-state index in [2.05, 4.69) is 15.3 Å². The largest absolute Gasteiger partial charge is 0.497 e. The van der Waals surface area contributed by atoms with Crippen LogP contribution in [0.5, 0.6) is 5.75 Å². The van der Waals surface area contributed by atoms with Crippen molar-refractivity contribution in [1.29, 1.82) is 0 Å². The first-order valence-corrected chi connectivity index (χ1v) is 12.8. The number of pyridine rings is 2. The maximum atomic E-state index is 14.8. The van der Waals surface area contributed by atoms with E-state index in [0.717, 1.165) is 6.20 Å². The molecule has 0 unspecified atom stereocenters. The minimum atomic E-state index is -2.90. The lowest BCUT2D eigenvalue weighted by Gasteiger charge is -2.29. The molecule has 0 aliphatic heterocycles. The summed E-state index contributed by atoms with van der Waals surface area (Å²) in [4.78, 5) is 34.0. The van der Waals surface area contributed by atoms with Crippen LogP contribution in [-0.4, -0.2) is 38.2 Å². The summed E-state index contributed by atoms with van der Waals surface area (Å²) in [5.74, 6) is -0.682. The van der Waals surface area contributed by atoms with Crippen molar-refractivity contribution in [2.75, 3.05) is 7.11 Å². The number of fused-ring (bicyclic) bond motifs is 1. The quantitative estimate of drug-likeness (QED) is 0.331. The van der Waals surface area contributed by atoms with Crippen molar-refractivity contribution in [3.8, 4) is 11.4 Å². The number of amides is 1. The maximum Gasteiger partial charge on any atom is 0.333 e. The van der Waals surface area contributed by atoms with Crippen LogP contribution in [0.4, 0.5) is 13.2 Å². The van der Waals surface area contributed by atoms with E-state index < -0.39 is 29.5 Å². The van der Waals surface area contributed by atoms with Crippen molar-refractivity contribution in [3.05, 3.63) is 81.5 Å². The molecule has 4 aromatic rings. The Bertz CT molecular complexity index is 1580. The summed E-state index contributed by atoms with van der Waals surface area (Å²) >= 11 is 5.88. The fourth-order valence-corrected chi connectivity index (χ4v) is 5.28. The summed E-state index contributed by atoms with van der Waals surface area (Å²) in [5, 5.41) is 2.92. The Hall–Kier alpha value is -3.86. The molecule has 0 spiro atoms. The van der Waals surface area contributed by atoms with E-state index in [1.165, 1.54) is 42.1 Å². The maximum absolute atomic E-state index is 14.8. The van der Waals surface area contributed by atoms with Crippen molar-refractivity contribution < 1.29 is 22.7 Å². The van der Waals surface area contributed by atoms with E-state index in [-0.39, 0.29) is 28.2 Å². The molecular formula is C27H25ClF3N5O3. The molecule has 1 fully saturated rings. The van der Waals surface area contributed by atoms with Gasteiger partial charge in [-0.2, -0.15) is 0 Å². The topological polar surface area (TPSA) is 91.0 Å². The van der Waals surface area contributed by atoms with Crippen molar-refractivity contribution in [3.63, 3.8) is 0 Å². The smallest absolute Gasteiger partial charge is 0.333 e. The normalized spacial score (nSPS) is 17.5. The molecule has 3 heterocycles. The zero-order valence-corrected chi connectivity index (χ0v) is 21.7.